The number of hydrogen-bond donors (Lipinski definition) is 2. The Morgan fingerprint density at radius 3 is 2.57 bits per heavy atom. The number of piperazine rings is 1. The highest BCUT2D eigenvalue weighted by Crippen LogP contribution is 2.25. The Bertz CT molecular complexity index is 677. The van der Waals surface area contributed by atoms with E-state index >= 15 is 0 Å². The number of hydrogen-bond acceptors (Lipinski definition) is 4. The van der Waals surface area contributed by atoms with E-state index in [2.05, 4.69) is 28.4 Å². The Morgan fingerprint density at radius 1 is 1.04 bits per heavy atom. The zero-order valence-electron chi connectivity index (χ0n) is 13.6. The molecule has 2 aliphatic heterocycles. The van der Waals surface area contributed by atoms with Gasteiger partial charge in [-0.2, -0.15) is 0 Å². The van der Waals surface area contributed by atoms with E-state index in [4.69, 9.17) is 9.15 Å². The summed E-state index contributed by atoms with van der Waals surface area (Å²) in [5.74, 6) is 2.50. The molecule has 1 aromatic carbocycles. The van der Waals surface area contributed by atoms with Crippen LogP contribution in [0.25, 0.3) is 0 Å². The van der Waals surface area contributed by atoms with E-state index < -0.39 is 0 Å². The largest absolute Gasteiger partial charge is 0.493 e. The molecule has 6 heteroatoms. The van der Waals surface area contributed by atoms with E-state index in [1.54, 1.807) is 9.80 Å². The predicted molar refractivity (Wildman–Crippen MR) is 83.5 cm³/mol. The first-order chi connectivity index (χ1) is 11.3. The van der Waals surface area contributed by atoms with Crippen LogP contribution in [-0.2, 0) is 19.5 Å². The third-order valence-corrected chi connectivity index (χ3v) is 4.84. The van der Waals surface area contributed by atoms with Gasteiger partial charge in [0.25, 0.3) is 5.89 Å². The molecule has 0 radical (unpaired) electrons. The third kappa shape index (κ3) is 3.38. The Labute approximate surface area is 136 Å². The summed E-state index contributed by atoms with van der Waals surface area (Å²) in [6.07, 6.45) is 1.06. The lowest BCUT2D eigenvalue weighted by Gasteiger charge is -2.29. The molecular weight excluding hydrogens is 292 g/mol. The molecule has 1 fully saturated rings. The van der Waals surface area contributed by atoms with E-state index in [-0.39, 0.29) is 0 Å². The highest BCUT2D eigenvalue weighted by atomic mass is 16.5. The summed E-state index contributed by atoms with van der Waals surface area (Å²) in [6, 6.07) is 6.68. The number of quaternary nitrogens is 2. The molecular formula is C17H24N4O2+2. The molecule has 0 saturated carbocycles. The second kappa shape index (κ2) is 6.29. The van der Waals surface area contributed by atoms with Gasteiger partial charge in [-0.25, -0.2) is 0 Å². The van der Waals surface area contributed by atoms with Crippen LogP contribution < -0.4 is 14.5 Å². The predicted octanol–water partition coefficient (Wildman–Crippen LogP) is -1.20. The fourth-order valence-corrected chi connectivity index (χ4v) is 3.57. The summed E-state index contributed by atoms with van der Waals surface area (Å²) in [4.78, 5) is 3.20. The molecule has 122 valence electrons. The maximum atomic E-state index is 5.59. The van der Waals surface area contributed by atoms with Crippen molar-refractivity contribution in [3.05, 3.63) is 41.1 Å². The molecule has 0 bridgehead atoms. The lowest BCUT2D eigenvalue weighted by atomic mass is 10.1. The minimum atomic E-state index is 0.657. The van der Waals surface area contributed by atoms with Gasteiger partial charge in [-0.3, -0.25) is 0 Å². The van der Waals surface area contributed by atoms with Crippen LogP contribution >= 0.6 is 0 Å². The van der Waals surface area contributed by atoms with Gasteiger partial charge in [0.05, 0.1) is 6.61 Å². The first kappa shape index (κ1) is 14.7. The van der Waals surface area contributed by atoms with E-state index in [1.165, 1.54) is 24.2 Å². The van der Waals surface area contributed by atoms with Crippen molar-refractivity contribution in [2.24, 2.45) is 0 Å². The van der Waals surface area contributed by atoms with Gasteiger partial charge in [-0.1, -0.05) is 0 Å². The van der Waals surface area contributed by atoms with Gasteiger partial charge in [0.2, 0.25) is 5.89 Å². The van der Waals surface area contributed by atoms with Gasteiger partial charge in [-0.05, 0) is 23.8 Å². The van der Waals surface area contributed by atoms with Crippen LogP contribution in [0.4, 0.5) is 0 Å². The summed E-state index contributed by atoms with van der Waals surface area (Å²) in [7, 11) is 0. The van der Waals surface area contributed by atoms with Crippen molar-refractivity contribution < 1.29 is 19.0 Å². The molecule has 0 unspecified atom stereocenters. The summed E-state index contributed by atoms with van der Waals surface area (Å²) >= 11 is 0. The van der Waals surface area contributed by atoms with Crippen LogP contribution in [0.15, 0.2) is 22.6 Å². The number of aryl methyl sites for hydroxylation is 1. The lowest BCUT2D eigenvalue weighted by molar-refractivity contribution is -1.02. The molecule has 23 heavy (non-hydrogen) atoms. The number of ether oxygens (including phenoxy) is 1. The molecule has 0 atom stereocenters. The average molecular weight is 316 g/mol. The van der Waals surface area contributed by atoms with Gasteiger partial charge in [-0.15, -0.1) is 10.2 Å². The smallest absolute Gasteiger partial charge is 0.271 e. The minimum absolute atomic E-state index is 0.657. The number of nitrogens with zero attached hydrogens (tertiary/aromatic N) is 2. The molecule has 0 spiro atoms. The number of aromatic nitrogens is 2. The van der Waals surface area contributed by atoms with Crippen molar-refractivity contribution >= 4 is 0 Å². The zero-order chi connectivity index (χ0) is 15.6. The van der Waals surface area contributed by atoms with Crippen LogP contribution in [0, 0.1) is 6.92 Å². The van der Waals surface area contributed by atoms with Gasteiger partial charge < -0.3 is 19.0 Å². The number of rotatable bonds is 4. The lowest BCUT2D eigenvalue weighted by Crippen LogP contribution is -3.27. The van der Waals surface area contributed by atoms with Crippen molar-refractivity contribution in [3.8, 4) is 5.75 Å². The first-order valence-electron chi connectivity index (χ1n) is 8.47. The van der Waals surface area contributed by atoms with Gasteiger partial charge in [0.15, 0.2) is 6.54 Å². The van der Waals surface area contributed by atoms with E-state index in [9.17, 15) is 0 Å². The van der Waals surface area contributed by atoms with Crippen LogP contribution in [0.2, 0.25) is 0 Å². The highest BCUT2D eigenvalue weighted by molar-refractivity contribution is 5.39. The van der Waals surface area contributed by atoms with Crippen LogP contribution in [0.3, 0.4) is 0 Å². The second-order valence-corrected chi connectivity index (χ2v) is 6.61. The van der Waals surface area contributed by atoms with E-state index in [1.807, 2.05) is 6.92 Å². The third-order valence-electron chi connectivity index (χ3n) is 4.84. The highest BCUT2D eigenvalue weighted by Gasteiger charge is 2.25. The van der Waals surface area contributed by atoms with Crippen LogP contribution in [0.1, 0.15) is 22.9 Å². The zero-order valence-corrected chi connectivity index (χ0v) is 13.6. The molecule has 4 rings (SSSR count). The molecule has 2 aromatic rings. The van der Waals surface area contributed by atoms with Crippen molar-refractivity contribution in [2.75, 3.05) is 32.8 Å². The monoisotopic (exact) mass is 316 g/mol. The van der Waals surface area contributed by atoms with Crippen LogP contribution in [-0.4, -0.2) is 43.0 Å². The molecule has 0 aliphatic carbocycles. The summed E-state index contributed by atoms with van der Waals surface area (Å²) in [5, 5.41) is 8.01. The van der Waals surface area contributed by atoms with Crippen molar-refractivity contribution in [2.45, 2.75) is 26.4 Å². The Balaban J connectivity index is 1.29. The first-order valence-corrected chi connectivity index (χ1v) is 8.47. The molecule has 6 nitrogen and oxygen atoms in total. The second-order valence-electron chi connectivity index (χ2n) is 6.61. The normalized spacial score (nSPS) is 23.5. The summed E-state index contributed by atoms with van der Waals surface area (Å²) in [5.41, 5.74) is 2.80. The molecule has 2 N–H and O–H groups in total. The van der Waals surface area contributed by atoms with Crippen molar-refractivity contribution in [3.63, 3.8) is 0 Å². The standard InChI is InChI=1S/C17H22N4O2/c1-13-18-19-17(23-13)12-21-7-5-20(6-8-21)11-14-2-3-16-15(10-14)4-9-22-16/h2-3,10H,4-9,11-12H2,1H3/p+2. The molecule has 1 aromatic heterocycles. The molecule has 0 amide bonds. The van der Waals surface area contributed by atoms with E-state index in [0.29, 0.717) is 5.89 Å². The fraction of sp³-hybridized carbons (Fsp3) is 0.529. The fourth-order valence-electron chi connectivity index (χ4n) is 3.57. The number of nitrogens with one attached hydrogen (secondary N) is 2. The number of fused-ring (bicyclic) bond motifs is 1. The quantitative estimate of drug-likeness (QED) is 0.744. The molecule has 3 heterocycles. The average Bonchev–Trinajstić information content (AvgIpc) is 3.17. The van der Waals surface area contributed by atoms with Gasteiger partial charge in [0.1, 0.15) is 38.5 Å². The maximum absolute atomic E-state index is 5.59. The van der Waals surface area contributed by atoms with Crippen molar-refractivity contribution in [1.82, 2.24) is 10.2 Å². The Hall–Kier alpha value is -1.92. The van der Waals surface area contributed by atoms with Gasteiger partial charge >= 0.3 is 0 Å². The maximum Gasteiger partial charge on any atom is 0.271 e. The topological polar surface area (TPSA) is 57.0 Å². The summed E-state index contributed by atoms with van der Waals surface area (Å²) in [6.45, 7) is 9.34. The van der Waals surface area contributed by atoms with Gasteiger partial charge in [0, 0.05) is 18.9 Å². The SMILES string of the molecule is Cc1nnc(C[NH+]2CC[NH+](Cc3ccc4c(c3)CCO4)CC2)o1. The molecule has 1 saturated heterocycles. The Morgan fingerprint density at radius 2 is 1.83 bits per heavy atom. The number of benzene rings is 1. The van der Waals surface area contributed by atoms with Crippen molar-refractivity contribution in [1.29, 1.82) is 0 Å². The minimum Gasteiger partial charge on any atom is -0.493 e. The van der Waals surface area contributed by atoms with E-state index in [0.717, 1.165) is 50.8 Å². The van der Waals surface area contributed by atoms with Crippen LogP contribution in [0.5, 0.6) is 5.75 Å². The molecule has 2 aliphatic rings. The Kier molecular flexibility index (Phi) is 4.01. The summed E-state index contributed by atoms with van der Waals surface area (Å²) < 4.78 is 11.1.